The summed E-state index contributed by atoms with van der Waals surface area (Å²) >= 11 is 6.47. The summed E-state index contributed by atoms with van der Waals surface area (Å²) in [6, 6.07) is 23.7. The lowest BCUT2D eigenvalue weighted by molar-refractivity contribution is 0.0956. The van der Waals surface area contributed by atoms with E-state index < -0.39 is 0 Å². The summed E-state index contributed by atoms with van der Waals surface area (Å²) in [4.78, 5) is 18.1. The van der Waals surface area contributed by atoms with Crippen LogP contribution in [0.15, 0.2) is 77.9 Å². The molecule has 4 nitrogen and oxygen atoms in total. The predicted molar refractivity (Wildman–Crippen MR) is 146 cm³/mol. The zero-order valence-corrected chi connectivity index (χ0v) is 21.6. The average molecular weight is 484 g/mol. The predicted octanol–water partition coefficient (Wildman–Crippen LogP) is 7.57. The van der Waals surface area contributed by atoms with Gasteiger partial charge in [-0.05, 0) is 47.6 Å². The maximum absolute atomic E-state index is 13.3. The van der Waals surface area contributed by atoms with E-state index in [-0.39, 0.29) is 11.3 Å². The number of pyridine rings is 1. The number of amides is 1. The highest BCUT2D eigenvalue weighted by molar-refractivity contribution is 6.35. The van der Waals surface area contributed by atoms with Crippen LogP contribution in [-0.4, -0.2) is 16.6 Å². The number of rotatable bonds is 5. The molecule has 0 saturated heterocycles. The van der Waals surface area contributed by atoms with Crippen molar-refractivity contribution in [2.45, 2.75) is 46.5 Å². The first-order valence-corrected chi connectivity index (χ1v) is 12.2. The number of aromatic nitrogens is 1. The van der Waals surface area contributed by atoms with Crippen LogP contribution in [0, 0.1) is 0 Å². The van der Waals surface area contributed by atoms with Gasteiger partial charge in [-0.3, -0.25) is 4.79 Å². The number of aryl methyl sites for hydroxylation is 1. The number of hydrogen-bond acceptors (Lipinski definition) is 3. The van der Waals surface area contributed by atoms with Gasteiger partial charge in [0.05, 0.1) is 27.5 Å². The van der Waals surface area contributed by atoms with Gasteiger partial charge in [0.15, 0.2) is 0 Å². The number of nitrogens with one attached hydrogen (secondary N) is 1. The zero-order valence-electron chi connectivity index (χ0n) is 20.8. The maximum Gasteiger partial charge on any atom is 0.272 e. The Morgan fingerprint density at radius 2 is 1.69 bits per heavy atom. The molecule has 1 N–H and O–H groups in total. The quantitative estimate of drug-likeness (QED) is 0.235. The summed E-state index contributed by atoms with van der Waals surface area (Å²) in [7, 11) is 0. The largest absolute Gasteiger partial charge is 0.272 e. The molecule has 0 spiro atoms. The number of nitrogens with zero attached hydrogens (tertiary/aromatic N) is 2. The van der Waals surface area contributed by atoms with Crippen LogP contribution in [0.25, 0.3) is 22.2 Å². The van der Waals surface area contributed by atoms with Gasteiger partial charge in [0, 0.05) is 10.9 Å². The molecule has 35 heavy (non-hydrogen) atoms. The van der Waals surface area contributed by atoms with Crippen LogP contribution < -0.4 is 5.43 Å². The van der Waals surface area contributed by atoms with Crippen LogP contribution >= 0.6 is 11.6 Å². The first-order chi connectivity index (χ1) is 16.7. The molecular weight excluding hydrogens is 454 g/mol. The van der Waals surface area contributed by atoms with Gasteiger partial charge in [0.2, 0.25) is 0 Å². The second kappa shape index (κ2) is 10.0. The Hall–Kier alpha value is -3.50. The maximum atomic E-state index is 13.3. The minimum Gasteiger partial charge on any atom is -0.267 e. The normalized spacial score (nSPS) is 12.1. The van der Waals surface area contributed by atoms with E-state index in [1.165, 1.54) is 11.1 Å². The van der Waals surface area contributed by atoms with Crippen LogP contribution in [0.2, 0.25) is 5.02 Å². The summed E-state index contributed by atoms with van der Waals surface area (Å²) in [5.74, 6) is -0.309. The Morgan fingerprint density at radius 3 is 2.31 bits per heavy atom. The lowest BCUT2D eigenvalue weighted by Gasteiger charge is -2.19. The van der Waals surface area contributed by atoms with E-state index in [1.54, 1.807) is 12.1 Å². The third-order valence-corrected chi connectivity index (χ3v) is 6.49. The molecule has 3 aromatic carbocycles. The monoisotopic (exact) mass is 483 g/mol. The Labute approximate surface area is 212 Å². The van der Waals surface area contributed by atoms with E-state index in [9.17, 15) is 4.79 Å². The Morgan fingerprint density at radius 1 is 1.00 bits per heavy atom. The van der Waals surface area contributed by atoms with Gasteiger partial charge >= 0.3 is 0 Å². The summed E-state index contributed by atoms with van der Waals surface area (Å²) in [5.41, 5.74) is 9.67. The van der Waals surface area contributed by atoms with Crippen molar-refractivity contribution in [3.05, 3.63) is 100 Å². The highest BCUT2D eigenvalue weighted by atomic mass is 35.5. The van der Waals surface area contributed by atoms with Crippen LogP contribution in [0.1, 0.15) is 61.7 Å². The number of hydrogen-bond donors (Lipinski definition) is 1. The van der Waals surface area contributed by atoms with Gasteiger partial charge in [-0.25, -0.2) is 10.4 Å². The van der Waals surface area contributed by atoms with E-state index >= 15 is 0 Å². The zero-order chi connectivity index (χ0) is 25.2. The SMILES string of the molecule is CCc1ccc(-c2cc(C(=O)NN=C(C)c3ccc(C(C)(C)C)cc3)c3cccc(Cl)c3n2)cc1. The second-order valence-corrected chi connectivity index (χ2v) is 10.1. The Bertz CT molecular complexity index is 1400. The van der Waals surface area contributed by atoms with E-state index in [2.05, 4.69) is 62.5 Å². The van der Waals surface area contributed by atoms with Gasteiger partial charge < -0.3 is 0 Å². The second-order valence-electron chi connectivity index (χ2n) is 9.71. The highest BCUT2D eigenvalue weighted by Crippen LogP contribution is 2.29. The molecule has 0 unspecified atom stereocenters. The Balaban J connectivity index is 1.67. The van der Waals surface area contributed by atoms with E-state index in [0.29, 0.717) is 27.2 Å². The van der Waals surface area contributed by atoms with E-state index in [1.807, 2.05) is 43.3 Å². The van der Waals surface area contributed by atoms with Crippen LogP contribution in [0.4, 0.5) is 0 Å². The lowest BCUT2D eigenvalue weighted by Crippen LogP contribution is -2.20. The lowest BCUT2D eigenvalue weighted by atomic mass is 9.86. The minimum atomic E-state index is -0.309. The van der Waals surface area contributed by atoms with Gasteiger partial charge in [0.25, 0.3) is 5.91 Å². The van der Waals surface area contributed by atoms with Gasteiger partial charge in [-0.1, -0.05) is 100.0 Å². The molecule has 0 atom stereocenters. The molecule has 1 heterocycles. The molecule has 0 aliphatic carbocycles. The molecular formula is C30H30ClN3O. The summed E-state index contributed by atoms with van der Waals surface area (Å²) < 4.78 is 0. The van der Waals surface area contributed by atoms with Crippen molar-refractivity contribution in [2.75, 3.05) is 0 Å². The smallest absolute Gasteiger partial charge is 0.267 e. The third-order valence-electron chi connectivity index (χ3n) is 6.19. The van der Waals surface area contributed by atoms with Crippen molar-refractivity contribution in [3.8, 4) is 11.3 Å². The van der Waals surface area contributed by atoms with Gasteiger partial charge in [-0.15, -0.1) is 0 Å². The van der Waals surface area contributed by atoms with E-state index in [4.69, 9.17) is 16.6 Å². The van der Waals surface area contributed by atoms with Crippen molar-refractivity contribution in [1.29, 1.82) is 0 Å². The molecule has 0 fully saturated rings. The first-order valence-electron chi connectivity index (χ1n) is 11.8. The molecule has 178 valence electrons. The average Bonchev–Trinajstić information content (AvgIpc) is 2.86. The summed E-state index contributed by atoms with van der Waals surface area (Å²) in [6.45, 7) is 10.5. The fourth-order valence-corrected chi connectivity index (χ4v) is 4.15. The molecule has 5 heteroatoms. The molecule has 1 aromatic heterocycles. The number of hydrazone groups is 1. The standard InChI is InChI=1S/C30H30ClN3O/c1-6-20-10-12-22(13-11-20)27-18-25(24-8-7-9-26(31)28(24)32-27)29(35)34-33-19(2)21-14-16-23(17-15-21)30(3,4)5/h7-18H,6H2,1-5H3,(H,34,35). The third kappa shape index (κ3) is 5.44. The highest BCUT2D eigenvalue weighted by Gasteiger charge is 2.16. The molecule has 0 radical (unpaired) electrons. The van der Waals surface area contributed by atoms with Gasteiger partial charge in [0.1, 0.15) is 0 Å². The first kappa shape index (κ1) is 24.6. The van der Waals surface area contributed by atoms with E-state index in [0.717, 1.165) is 23.3 Å². The van der Waals surface area contributed by atoms with Crippen molar-refractivity contribution < 1.29 is 4.79 Å². The minimum absolute atomic E-state index is 0.0794. The van der Waals surface area contributed by atoms with Crippen molar-refractivity contribution in [2.24, 2.45) is 5.10 Å². The van der Waals surface area contributed by atoms with Crippen molar-refractivity contribution in [1.82, 2.24) is 10.4 Å². The van der Waals surface area contributed by atoms with Crippen molar-refractivity contribution in [3.63, 3.8) is 0 Å². The number of halogens is 1. The number of para-hydroxylation sites is 1. The van der Waals surface area contributed by atoms with Gasteiger partial charge in [-0.2, -0.15) is 5.10 Å². The topological polar surface area (TPSA) is 54.4 Å². The van der Waals surface area contributed by atoms with Crippen LogP contribution in [-0.2, 0) is 11.8 Å². The summed E-state index contributed by atoms with van der Waals surface area (Å²) in [6.07, 6.45) is 0.960. The fraction of sp³-hybridized carbons (Fsp3) is 0.233. The number of benzene rings is 3. The molecule has 4 rings (SSSR count). The molecule has 4 aromatic rings. The molecule has 1 amide bonds. The fourth-order valence-electron chi connectivity index (χ4n) is 3.93. The van der Waals surface area contributed by atoms with Crippen molar-refractivity contribution >= 4 is 34.1 Å². The van der Waals surface area contributed by atoms with Crippen LogP contribution in [0.5, 0.6) is 0 Å². The number of carbonyl (C=O) groups excluding carboxylic acids is 1. The molecule has 0 saturated carbocycles. The molecule has 0 aliphatic rings. The van der Waals surface area contributed by atoms with Crippen LogP contribution in [0.3, 0.4) is 0 Å². The number of fused-ring (bicyclic) bond motifs is 1. The molecule has 0 bridgehead atoms. The summed E-state index contributed by atoms with van der Waals surface area (Å²) in [5, 5.41) is 5.57. The molecule has 0 aliphatic heterocycles. The number of carbonyl (C=O) groups is 1. The Kier molecular flexibility index (Phi) is 7.04.